The summed E-state index contributed by atoms with van der Waals surface area (Å²) >= 11 is 0. The van der Waals surface area contributed by atoms with Crippen molar-refractivity contribution < 1.29 is 19.0 Å². The van der Waals surface area contributed by atoms with Gasteiger partial charge in [0, 0.05) is 26.2 Å². The summed E-state index contributed by atoms with van der Waals surface area (Å²) in [5, 5.41) is 5.12. The van der Waals surface area contributed by atoms with E-state index in [9.17, 15) is 9.59 Å². The van der Waals surface area contributed by atoms with Gasteiger partial charge in [0.25, 0.3) is 5.91 Å². The Morgan fingerprint density at radius 3 is 2.54 bits per heavy atom. The predicted octanol–water partition coefficient (Wildman–Crippen LogP) is 1.36. The molecule has 2 fully saturated rings. The number of carbonyl (C=O) groups excluding carboxylic acids is 2. The molecule has 0 bridgehead atoms. The van der Waals surface area contributed by atoms with Crippen LogP contribution in [0, 0.1) is 0 Å². The molecule has 0 aromatic carbocycles. The van der Waals surface area contributed by atoms with E-state index in [1.165, 1.54) is 4.90 Å². The smallest absolute Gasteiger partial charge is 0.417 e. The summed E-state index contributed by atoms with van der Waals surface area (Å²) in [7, 11) is 2.14. The van der Waals surface area contributed by atoms with Crippen LogP contribution in [0.4, 0.5) is 22.1 Å². The van der Waals surface area contributed by atoms with E-state index < -0.39 is 11.7 Å². The molecule has 2 saturated heterocycles. The summed E-state index contributed by atoms with van der Waals surface area (Å²) in [5.41, 5.74) is 0.449. The Morgan fingerprint density at radius 1 is 1.14 bits per heavy atom. The van der Waals surface area contributed by atoms with Gasteiger partial charge in [-0.2, -0.15) is 5.01 Å². The Balaban J connectivity index is 1.40. The zero-order valence-electron chi connectivity index (χ0n) is 21.1. The predicted molar refractivity (Wildman–Crippen MR) is 132 cm³/mol. The van der Waals surface area contributed by atoms with Crippen molar-refractivity contribution in [2.45, 2.75) is 39.3 Å². The zero-order chi connectivity index (χ0) is 25.2. The highest BCUT2D eigenvalue weighted by molar-refractivity contribution is 5.94. The minimum absolute atomic E-state index is 0.0481. The van der Waals surface area contributed by atoms with Crippen molar-refractivity contribution in [3.8, 4) is 0 Å². The molecular formula is C24H35N8O3+. The number of likely N-dealkylation sites (N-methyl/N-ethyl adjacent to an activating group) is 1. The van der Waals surface area contributed by atoms with Crippen molar-refractivity contribution in [3.63, 3.8) is 0 Å². The van der Waals surface area contributed by atoms with Crippen molar-refractivity contribution in [2.24, 2.45) is 0 Å². The minimum atomic E-state index is -0.658. The molecule has 0 radical (unpaired) electrons. The van der Waals surface area contributed by atoms with E-state index in [0.717, 1.165) is 31.9 Å². The lowest BCUT2D eigenvalue weighted by molar-refractivity contribution is -0.696. The number of pyridine rings is 1. The number of aromatic nitrogens is 3. The third kappa shape index (κ3) is 6.16. The molecule has 11 nitrogen and oxygen atoms in total. The number of anilines is 3. The Hall–Kier alpha value is -3.47. The van der Waals surface area contributed by atoms with E-state index in [4.69, 9.17) is 4.74 Å². The summed E-state index contributed by atoms with van der Waals surface area (Å²) in [4.78, 5) is 39.9. The summed E-state index contributed by atoms with van der Waals surface area (Å²) in [5.74, 6) is 0.978. The van der Waals surface area contributed by atoms with Gasteiger partial charge in [0.1, 0.15) is 17.5 Å². The lowest BCUT2D eigenvalue weighted by Crippen LogP contribution is -2.70. The fourth-order valence-electron chi connectivity index (χ4n) is 4.09. The molecule has 0 saturated carbocycles. The first-order chi connectivity index (χ1) is 16.6. The molecule has 11 heteroatoms. The molecule has 2 aliphatic rings. The molecule has 0 spiro atoms. The molecule has 0 unspecified atom stereocenters. The first-order valence-corrected chi connectivity index (χ1v) is 11.9. The second kappa shape index (κ2) is 10.0. The largest absolute Gasteiger partial charge is 0.443 e. The minimum Gasteiger partial charge on any atom is -0.443 e. The van der Waals surface area contributed by atoms with Crippen LogP contribution in [0.1, 0.15) is 27.7 Å². The van der Waals surface area contributed by atoms with Crippen LogP contribution in [0.2, 0.25) is 0 Å². The van der Waals surface area contributed by atoms with E-state index in [1.807, 2.05) is 35.1 Å². The van der Waals surface area contributed by atoms with Gasteiger partial charge in [-0.05, 0) is 46.9 Å². The van der Waals surface area contributed by atoms with Crippen LogP contribution >= 0.6 is 0 Å². The average Bonchev–Trinajstić information content (AvgIpc) is 2.80. The lowest BCUT2D eigenvalue weighted by atomic mass is 10.2. The fourth-order valence-corrected chi connectivity index (χ4v) is 4.09. The van der Waals surface area contributed by atoms with Crippen LogP contribution < -0.4 is 19.9 Å². The van der Waals surface area contributed by atoms with Crippen molar-refractivity contribution in [3.05, 3.63) is 36.9 Å². The highest BCUT2D eigenvalue weighted by atomic mass is 16.6. The van der Waals surface area contributed by atoms with Crippen LogP contribution in [0.3, 0.4) is 0 Å². The molecule has 2 aromatic heterocycles. The Kier molecular flexibility index (Phi) is 7.06. The number of hydrogen-bond donors (Lipinski definition) is 1. The van der Waals surface area contributed by atoms with Gasteiger partial charge in [-0.25, -0.2) is 19.7 Å². The molecule has 1 atom stereocenters. The monoisotopic (exact) mass is 483 g/mol. The maximum atomic E-state index is 12.7. The summed E-state index contributed by atoms with van der Waals surface area (Å²) in [6, 6.07) is 3.90. The Morgan fingerprint density at radius 2 is 1.89 bits per heavy atom. The maximum absolute atomic E-state index is 12.7. The molecule has 188 valence electrons. The van der Waals surface area contributed by atoms with Crippen molar-refractivity contribution in [2.75, 3.05) is 61.5 Å². The third-order valence-electron chi connectivity index (χ3n) is 6.02. The molecule has 4 rings (SSSR count). The van der Waals surface area contributed by atoms with E-state index in [0.29, 0.717) is 11.6 Å². The number of ether oxygens (including phenoxy) is 1. The molecule has 35 heavy (non-hydrogen) atoms. The number of piperazine rings is 2. The van der Waals surface area contributed by atoms with Crippen molar-refractivity contribution in [1.29, 1.82) is 0 Å². The maximum Gasteiger partial charge on any atom is 0.417 e. The van der Waals surface area contributed by atoms with E-state index in [1.54, 1.807) is 33.2 Å². The van der Waals surface area contributed by atoms with Crippen LogP contribution in [0.25, 0.3) is 0 Å². The van der Waals surface area contributed by atoms with Gasteiger partial charge in [-0.15, -0.1) is 0 Å². The molecule has 2 aliphatic heterocycles. The van der Waals surface area contributed by atoms with Crippen LogP contribution in [0.15, 0.2) is 36.9 Å². The van der Waals surface area contributed by atoms with Gasteiger partial charge in [0.15, 0.2) is 12.4 Å². The number of carbonyl (C=O) groups is 2. The van der Waals surface area contributed by atoms with Gasteiger partial charge in [-0.1, -0.05) is 4.68 Å². The normalized spacial score (nSPS) is 19.6. The summed E-state index contributed by atoms with van der Waals surface area (Å²) < 4.78 is 7.21. The zero-order valence-corrected chi connectivity index (χ0v) is 21.1. The number of rotatable bonds is 4. The first kappa shape index (κ1) is 24.6. The first-order valence-electron chi connectivity index (χ1n) is 11.9. The molecule has 1 N–H and O–H groups in total. The van der Waals surface area contributed by atoms with Crippen LogP contribution in [0.5, 0.6) is 0 Å². The lowest BCUT2D eigenvalue weighted by Gasteiger charge is -2.35. The number of nitrogens with one attached hydrogen (secondary N) is 1. The second-order valence-corrected chi connectivity index (χ2v) is 10.1. The number of hydrogen-bond acceptors (Lipinski definition) is 9. The average molecular weight is 484 g/mol. The molecule has 4 heterocycles. The number of amides is 2. The van der Waals surface area contributed by atoms with Gasteiger partial charge in [0.05, 0.1) is 24.6 Å². The molecule has 2 amide bonds. The van der Waals surface area contributed by atoms with E-state index >= 15 is 0 Å². The third-order valence-corrected chi connectivity index (χ3v) is 6.02. The van der Waals surface area contributed by atoms with Gasteiger partial charge in [-0.3, -0.25) is 4.79 Å². The van der Waals surface area contributed by atoms with Gasteiger partial charge < -0.3 is 19.9 Å². The highest BCUT2D eigenvalue weighted by Gasteiger charge is 2.39. The highest BCUT2D eigenvalue weighted by Crippen LogP contribution is 2.19. The molecule has 0 aliphatic carbocycles. The van der Waals surface area contributed by atoms with Crippen molar-refractivity contribution >= 4 is 29.3 Å². The van der Waals surface area contributed by atoms with Crippen LogP contribution in [-0.4, -0.2) is 89.7 Å². The van der Waals surface area contributed by atoms with Gasteiger partial charge in [0.2, 0.25) is 12.4 Å². The van der Waals surface area contributed by atoms with E-state index in [2.05, 4.69) is 38.2 Å². The summed E-state index contributed by atoms with van der Waals surface area (Å²) in [6.45, 7) is 11.7. The Bertz CT molecular complexity index is 1050. The topological polar surface area (TPSA) is 98.0 Å². The van der Waals surface area contributed by atoms with Crippen LogP contribution in [-0.2, 0) is 9.53 Å². The Labute approximate surface area is 206 Å². The van der Waals surface area contributed by atoms with E-state index in [-0.39, 0.29) is 25.0 Å². The standard InChI is InChI=1S/C24H35N8O3/c1-18-15-31(23(34)35-24(2,3)4)22(33)17-32(18)30-9-8-25-21(16-30)27-20-7-6-19(14-26-20)29-12-10-28(5)11-13-29/h6-9,14,16,18H,10-13,15,17H2,1-5H3,(H,25,26,27)/q+1/t18-/m0/s1. The summed E-state index contributed by atoms with van der Waals surface area (Å²) in [6.07, 6.45) is 6.52. The SMILES string of the molecule is C[C@H]1CN(C(=O)OC(C)(C)C)C(=O)CN1[n+]1ccnc(Nc2ccc(N3CCN(C)CC3)cn2)c1. The second-order valence-electron chi connectivity index (χ2n) is 10.1. The number of imide groups is 1. The number of nitrogens with zero attached hydrogens (tertiary/aromatic N) is 7. The molecule has 2 aromatic rings. The van der Waals surface area contributed by atoms with Gasteiger partial charge >= 0.3 is 6.09 Å². The molecular weight excluding hydrogens is 448 g/mol. The fraction of sp³-hybridized carbons (Fsp3) is 0.542. The quantitative estimate of drug-likeness (QED) is 0.647. The van der Waals surface area contributed by atoms with Crippen molar-refractivity contribution in [1.82, 2.24) is 19.8 Å².